The molecule has 0 bridgehead atoms. The lowest BCUT2D eigenvalue weighted by Gasteiger charge is -2.11. The van der Waals surface area contributed by atoms with Gasteiger partial charge in [-0.05, 0) is 59.9 Å². The molecule has 0 fully saturated rings. The van der Waals surface area contributed by atoms with Crippen molar-refractivity contribution in [1.82, 2.24) is 9.55 Å². The van der Waals surface area contributed by atoms with Crippen LogP contribution in [-0.4, -0.2) is 9.55 Å². The minimum Gasteiger partial charge on any atom is -0.465 e. The number of imidazole rings is 1. The Morgan fingerprint density at radius 2 is 1.81 bits per heavy atom. The SMILES string of the molecule is CCC(C)c1ccc(Cn2c(/C=C/c3ccco3)nc3ccccc32)cc1. The summed E-state index contributed by atoms with van der Waals surface area (Å²) in [6.45, 7) is 5.29. The molecule has 3 nitrogen and oxygen atoms in total. The lowest BCUT2D eigenvalue weighted by molar-refractivity contribution is 0.557. The Bertz CT molecular complexity index is 1040. The maximum absolute atomic E-state index is 5.41. The summed E-state index contributed by atoms with van der Waals surface area (Å²) in [6.07, 6.45) is 6.82. The van der Waals surface area contributed by atoms with Gasteiger partial charge < -0.3 is 8.98 Å². The number of fused-ring (bicyclic) bond motifs is 1. The molecule has 0 aliphatic rings. The lowest BCUT2D eigenvalue weighted by atomic mass is 9.98. The van der Waals surface area contributed by atoms with Crippen molar-refractivity contribution in [3.05, 3.63) is 89.6 Å². The molecule has 0 N–H and O–H groups in total. The predicted octanol–water partition coefficient (Wildman–Crippen LogP) is 6.36. The second-order valence-electron chi connectivity index (χ2n) is 6.94. The number of furan rings is 1. The maximum atomic E-state index is 5.41. The average Bonchev–Trinajstić information content (AvgIpc) is 3.34. The van der Waals surface area contributed by atoms with Crippen LogP contribution >= 0.6 is 0 Å². The van der Waals surface area contributed by atoms with E-state index in [-0.39, 0.29) is 0 Å². The number of hydrogen-bond acceptors (Lipinski definition) is 2. The van der Waals surface area contributed by atoms with Crippen molar-refractivity contribution < 1.29 is 4.42 Å². The highest BCUT2D eigenvalue weighted by molar-refractivity contribution is 5.79. The highest BCUT2D eigenvalue weighted by Gasteiger charge is 2.10. The summed E-state index contributed by atoms with van der Waals surface area (Å²) >= 11 is 0. The minimum atomic E-state index is 0.597. The first kappa shape index (κ1) is 17.3. The largest absolute Gasteiger partial charge is 0.465 e. The van der Waals surface area contributed by atoms with Crippen molar-refractivity contribution in [3.63, 3.8) is 0 Å². The van der Waals surface area contributed by atoms with E-state index in [2.05, 4.69) is 60.9 Å². The minimum absolute atomic E-state index is 0.597. The molecule has 136 valence electrons. The molecule has 4 aromatic rings. The third-order valence-corrected chi connectivity index (χ3v) is 5.13. The van der Waals surface area contributed by atoms with Crippen molar-refractivity contribution in [1.29, 1.82) is 0 Å². The van der Waals surface area contributed by atoms with Gasteiger partial charge in [0.25, 0.3) is 0 Å². The van der Waals surface area contributed by atoms with Crippen LogP contribution < -0.4 is 0 Å². The fourth-order valence-corrected chi connectivity index (χ4v) is 3.30. The maximum Gasteiger partial charge on any atom is 0.134 e. The molecule has 1 unspecified atom stereocenters. The van der Waals surface area contributed by atoms with Gasteiger partial charge in [0.2, 0.25) is 0 Å². The molecule has 27 heavy (non-hydrogen) atoms. The van der Waals surface area contributed by atoms with Crippen molar-refractivity contribution in [2.75, 3.05) is 0 Å². The van der Waals surface area contributed by atoms with Crippen molar-refractivity contribution >= 4 is 23.2 Å². The van der Waals surface area contributed by atoms with Gasteiger partial charge in [-0.3, -0.25) is 0 Å². The second kappa shape index (κ2) is 7.67. The van der Waals surface area contributed by atoms with E-state index in [1.54, 1.807) is 6.26 Å². The van der Waals surface area contributed by atoms with Gasteiger partial charge in [-0.15, -0.1) is 0 Å². The van der Waals surface area contributed by atoms with E-state index in [0.29, 0.717) is 5.92 Å². The zero-order valence-electron chi connectivity index (χ0n) is 15.8. The van der Waals surface area contributed by atoms with Crippen molar-refractivity contribution in [2.24, 2.45) is 0 Å². The summed E-state index contributed by atoms with van der Waals surface area (Å²) in [4.78, 5) is 4.80. The smallest absolute Gasteiger partial charge is 0.134 e. The van der Waals surface area contributed by atoms with Gasteiger partial charge in [0.05, 0.1) is 17.3 Å². The molecule has 0 saturated heterocycles. The fourth-order valence-electron chi connectivity index (χ4n) is 3.30. The Morgan fingerprint density at radius 1 is 1.00 bits per heavy atom. The quantitative estimate of drug-likeness (QED) is 0.402. The Balaban J connectivity index is 1.68. The standard InChI is InChI=1S/C24H24N2O/c1-3-18(2)20-12-10-19(11-13-20)17-26-23-9-5-4-8-22(23)25-24(26)15-14-21-7-6-16-27-21/h4-16,18H,3,17H2,1-2H3/b15-14+. The zero-order valence-corrected chi connectivity index (χ0v) is 15.8. The van der Waals surface area contributed by atoms with Crippen molar-refractivity contribution in [3.8, 4) is 0 Å². The molecule has 0 amide bonds. The second-order valence-corrected chi connectivity index (χ2v) is 6.94. The summed E-state index contributed by atoms with van der Waals surface area (Å²) < 4.78 is 7.67. The molecule has 2 aromatic carbocycles. The van der Waals surface area contributed by atoms with Crippen LogP contribution in [0.5, 0.6) is 0 Å². The monoisotopic (exact) mass is 356 g/mol. The highest BCUT2D eigenvalue weighted by Crippen LogP contribution is 2.22. The zero-order chi connectivity index (χ0) is 18.6. The molecule has 4 rings (SSSR count). The summed E-state index contributed by atoms with van der Waals surface area (Å²) in [6, 6.07) is 21.1. The average molecular weight is 356 g/mol. The van der Waals surface area contributed by atoms with Crippen LogP contribution in [-0.2, 0) is 6.54 Å². The van der Waals surface area contributed by atoms with E-state index in [9.17, 15) is 0 Å². The van der Waals surface area contributed by atoms with Gasteiger partial charge in [-0.2, -0.15) is 0 Å². The van der Waals surface area contributed by atoms with Crippen LogP contribution in [0.1, 0.15) is 48.9 Å². The summed E-state index contributed by atoms with van der Waals surface area (Å²) in [7, 11) is 0. The molecule has 1 atom stereocenters. The van der Waals surface area contributed by atoms with Gasteiger partial charge in [0.1, 0.15) is 11.6 Å². The molecular weight excluding hydrogens is 332 g/mol. The first-order valence-corrected chi connectivity index (χ1v) is 9.50. The number of hydrogen-bond donors (Lipinski definition) is 0. The molecular formula is C24H24N2O. The normalized spacial score (nSPS) is 12.8. The molecule has 0 spiro atoms. The third-order valence-electron chi connectivity index (χ3n) is 5.13. The molecule has 0 aliphatic carbocycles. The van der Waals surface area contributed by atoms with Crippen molar-refractivity contribution in [2.45, 2.75) is 32.7 Å². The number of aromatic nitrogens is 2. The van der Waals surface area contributed by atoms with Crippen LogP contribution in [0.4, 0.5) is 0 Å². The topological polar surface area (TPSA) is 31.0 Å². The van der Waals surface area contributed by atoms with Gasteiger partial charge in [0.15, 0.2) is 0 Å². The van der Waals surface area contributed by atoms with Gasteiger partial charge in [-0.25, -0.2) is 4.98 Å². The molecule has 3 heteroatoms. The Labute approximate surface area is 160 Å². The van der Waals surface area contributed by atoms with Crippen LogP contribution in [0.15, 0.2) is 71.3 Å². The third kappa shape index (κ3) is 3.72. The van der Waals surface area contributed by atoms with E-state index in [0.717, 1.165) is 35.6 Å². The van der Waals surface area contributed by atoms with Crippen LogP contribution in [0, 0.1) is 0 Å². The summed E-state index contributed by atoms with van der Waals surface area (Å²) in [5, 5.41) is 0. The van der Waals surface area contributed by atoms with E-state index in [1.165, 1.54) is 11.1 Å². The Hall–Kier alpha value is -3.07. The Morgan fingerprint density at radius 3 is 2.56 bits per heavy atom. The number of para-hydroxylation sites is 2. The molecule has 0 radical (unpaired) electrons. The lowest BCUT2D eigenvalue weighted by Crippen LogP contribution is -2.02. The number of benzene rings is 2. The molecule has 2 aromatic heterocycles. The number of rotatable bonds is 6. The fraction of sp³-hybridized carbons (Fsp3) is 0.208. The first-order valence-electron chi connectivity index (χ1n) is 9.50. The summed E-state index contributed by atoms with van der Waals surface area (Å²) in [5.41, 5.74) is 4.82. The van der Waals surface area contributed by atoms with E-state index in [4.69, 9.17) is 9.40 Å². The van der Waals surface area contributed by atoms with Gasteiger partial charge in [0, 0.05) is 6.54 Å². The van der Waals surface area contributed by atoms with E-state index < -0.39 is 0 Å². The Kier molecular flexibility index (Phi) is 4.93. The van der Waals surface area contributed by atoms with Crippen LogP contribution in [0.2, 0.25) is 0 Å². The predicted molar refractivity (Wildman–Crippen MR) is 112 cm³/mol. The van der Waals surface area contributed by atoms with Gasteiger partial charge in [-0.1, -0.05) is 50.2 Å². The summed E-state index contributed by atoms with van der Waals surface area (Å²) in [5.74, 6) is 2.35. The van der Waals surface area contributed by atoms with Crippen LogP contribution in [0.3, 0.4) is 0 Å². The number of nitrogens with zero attached hydrogens (tertiary/aromatic N) is 2. The van der Waals surface area contributed by atoms with Gasteiger partial charge >= 0.3 is 0 Å². The molecule has 0 saturated carbocycles. The van der Waals surface area contributed by atoms with Crippen LogP contribution in [0.25, 0.3) is 23.2 Å². The highest BCUT2D eigenvalue weighted by atomic mass is 16.3. The van der Waals surface area contributed by atoms with E-state index in [1.807, 2.05) is 30.4 Å². The van der Waals surface area contributed by atoms with E-state index >= 15 is 0 Å². The molecule has 0 aliphatic heterocycles. The molecule has 2 heterocycles. The first-order chi connectivity index (χ1) is 13.2.